The molecule has 0 radical (unpaired) electrons. The van der Waals surface area contributed by atoms with E-state index in [1.54, 1.807) is 31.7 Å². The molecule has 0 fully saturated rings. The minimum absolute atomic E-state index is 0.0784. The van der Waals surface area contributed by atoms with Crippen LogP contribution in [0, 0.1) is 6.92 Å². The van der Waals surface area contributed by atoms with E-state index in [1.165, 1.54) is 0 Å². The molecule has 0 saturated carbocycles. The Labute approximate surface area is 124 Å². The van der Waals surface area contributed by atoms with Crippen molar-refractivity contribution in [3.8, 4) is 5.75 Å². The lowest BCUT2D eigenvalue weighted by Gasteiger charge is -2.18. The molecule has 0 heterocycles. The van der Waals surface area contributed by atoms with E-state index in [1.807, 2.05) is 26.2 Å². The summed E-state index contributed by atoms with van der Waals surface area (Å²) >= 11 is 1.64. The number of hydrogen-bond donors (Lipinski definition) is 2. The van der Waals surface area contributed by atoms with E-state index in [4.69, 9.17) is 9.15 Å². The van der Waals surface area contributed by atoms with Gasteiger partial charge in [-0.05, 0) is 56.7 Å². The zero-order chi connectivity index (χ0) is 15.3. The quantitative estimate of drug-likeness (QED) is 0.454. The Morgan fingerprint density at radius 3 is 2.60 bits per heavy atom. The Kier molecular flexibility index (Phi) is 6.55. The molecule has 7 heteroatoms. The molecule has 0 aliphatic carbocycles. The molecule has 1 aromatic rings. The monoisotopic (exact) mass is 319 g/mol. The van der Waals surface area contributed by atoms with E-state index < -0.39 is 7.82 Å². The van der Waals surface area contributed by atoms with E-state index in [-0.39, 0.29) is 6.04 Å². The fourth-order valence-corrected chi connectivity index (χ4v) is 3.21. The summed E-state index contributed by atoms with van der Waals surface area (Å²) in [6, 6.07) is 3.51. The van der Waals surface area contributed by atoms with Gasteiger partial charge in [0.05, 0.1) is 0 Å². The van der Waals surface area contributed by atoms with Crippen molar-refractivity contribution in [2.75, 3.05) is 6.26 Å². The third-order valence-corrected chi connectivity index (χ3v) is 4.34. The summed E-state index contributed by atoms with van der Waals surface area (Å²) in [5.74, 6) is 0.388. The summed E-state index contributed by atoms with van der Waals surface area (Å²) < 4.78 is 21.8. The van der Waals surface area contributed by atoms with Crippen molar-refractivity contribution in [3.63, 3.8) is 0 Å². The Bertz CT molecular complexity index is 507. The van der Waals surface area contributed by atoms with Crippen LogP contribution in [0.2, 0.25) is 0 Å². The van der Waals surface area contributed by atoms with Gasteiger partial charge in [0.1, 0.15) is 5.75 Å². The molecular weight excluding hydrogens is 297 g/mol. The third-order valence-electron chi connectivity index (χ3n) is 2.70. The number of phosphoric acid groups is 1. The van der Waals surface area contributed by atoms with Gasteiger partial charge in [0, 0.05) is 10.9 Å². The Morgan fingerprint density at radius 2 is 2.10 bits per heavy atom. The molecule has 0 saturated heterocycles. The summed E-state index contributed by atoms with van der Waals surface area (Å²) in [5.41, 5.74) is 4.42. The second-order valence-electron chi connectivity index (χ2n) is 4.65. The SMILES string of the molecule is CCc1c(OP(=O)(O)ONC(C)C)ccc(SC)c1C. The summed E-state index contributed by atoms with van der Waals surface area (Å²) in [7, 11) is -4.17. The van der Waals surface area contributed by atoms with Gasteiger partial charge in [-0.2, -0.15) is 10.1 Å². The van der Waals surface area contributed by atoms with Crippen LogP contribution in [0.25, 0.3) is 0 Å². The van der Waals surface area contributed by atoms with Gasteiger partial charge in [-0.3, -0.25) is 4.89 Å². The molecule has 114 valence electrons. The average Bonchev–Trinajstić information content (AvgIpc) is 2.37. The molecule has 0 spiro atoms. The number of thioether (sulfide) groups is 1. The first-order valence-corrected chi connectivity index (χ1v) is 9.15. The first kappa shape index (κ1) is 17.5. The number of benzene rings is 1. The van der Waals surface area contributed by atoms with Crippen molar-refractivity contribution in [2.24, 2.45) is 0 Å². The summed E-state index contributed by atoms with van der Waals surface area (Å²) in [4.78, 5) is 10.8. The van der Waals surface area contributed by atoms with Gasteiger partial charge in [0.25, 0.3) is 0 Å². The molecule has 0 bridgehead atoms. The first-order chi connectivity index (χ1) is 9.30. The topological polar surface area (TPSA) is 67.8 Å². The Morgan fingerprint density at radius 1 is 1.45 bits per heavy atom. The highest BCUT2D eigenvalue weighted by molar-refractivity contribution is 7.98. The molecule has 1 atom stereocenters. The van der Waals surface area contributed by atoms with Crippen molar-refractivity contribution in [1.82, 2.24) is 5.48 Å². The van der Waals surface area contributed by atoms with E-state index in [2.05, 4.69) is 5.48 Å². The van der Waals surface area contributed by atoms with Crippen LogP contribution in [0.15, 0.2) is 17.0 Å². The van der Waals surface area contributed by atoms with Crippen LogP contribution >= 0.6 is 19.6 Å². The number of phosphoric ester groups is 1. The van der Waals surface area contributed by atoms with Gasteiger partial charge in [0.2, 0.25) is 0 Å². The predicted molar refractivity (Wildman–Crippen MR) is 82.1 cm³/mol. The zero-order valence-corrected chi connectivity index (χ0v) is 14.2. The highest BCUT2D eigenvalue weighted by atomic mass is 32.2. The maximum atomic E-state index is 11.9. The van der Waals surface area contributed by atoms with Crippen LogP contribution in [-0.4, -0.2) is 17.2 Å². The van der Waals surface area contributed by atoms with Crippen LogP contribution in [0.1, 0.15) is 31.9 Å². The highest BCUT2D eigenvalue weighted by Crippen LogP contribution is 2.45. The van der Waals surface area contributed by atoms with Crippen LogP contribution < -0.4 is 10.0 Å². The van der Waals surface area contributed by atoms with Crippen molar-refractivity contribution in [1.29, 1.82) is 0 Å². The van der Waals surface area contributed by atoms with Crippen molar-refractivity contribution < 1.29 is 18.6 Å². The van der Waals surface area contributed by atoms with Crippen LogP contribution in [0.5, 0.6) is 5.75 Å². The zero-order valence-electron chi connectivity index (χ0n) is 12.5. The lowest BCUT2D eigenvalue weighted by atomic mass is 10.1. The van der Waals surface area contributed by atoms with Crippen LogP contribution in [0.4, 0.5) is 0 Å². The minimum atomic E-state index is -4.17. The maximum absolute atomic E-state index is 11.9. The molecule has 0 aromatic heterocycles. The smallest absolute Gasteiger partial charge is 0.403 e. The lowest BCUT2D eigenvalue weighted by Crippen LogP contribution is -2.22. The molecule has 1 rings (SSSR count). The molecule has 0 amide bonds. The van der Waals surface area contributed by atoms with Crippen molar-refractivity contribution in [3.05, 3.63) is 23.3 Å². The van der Waals surface area contributed by atoms with Crippen molar-refractivity contribution >= 4 is 19.6 Å². The van der Waals surface area contributed by atoms with Gasteiger partial charge in [-0.15, -0.1) is 11.8 Å². The third kappa shape index (κ3) is 4.79. The summed E-state index contributed by atoms with van der Waals surface area (Å²) in [6.45, 7) is 7.56. The van der Waals surface area contributed by atoms with E-state index in [0.29, 0.717) is 12.2 Å². The fourth-order valence-electron chi connectivity index (χ4n) is 1.77. The Hall–Kier alpha value is -0.520. The van der Waals surface area contributed by atoms with Gasteiger partial charge >= 0.3 is 7.82 Å². The van der Waals surface area contributed by atoms with Gasteiger partial charge in [0.15, 0.2) is 0 Å². The lowest BCUT2D eigenvalue weighted by molar-refractivity contribution is 0.112. The summed E-state index contributed by atoms with van der Waals surface area (Å²) in [6.07, 6.45) is 2.71. The van der Waals surface area contributed by atoms with E-state index in [0.717, 1.165) is 16.0 Å². The van der Waals surface area contributed by atoms with Crippen LogP contribution in [0.3, 0.4) is 0 Å². The van der Waals surface area contributed by atoms with Gasteiger partial charge < -0.3 is 4.52 Å². The maximum Gasteiger partial charge on any atom is 0.544 e. The molecule has 20 heavy (non-hydrogen) atoms. The minimum Gasteiger partial charge on any atom is -0.403 e. The van der Waals surface area contributed by atoms with Gasteiger partial charge in [-0.1, -0.05) is 6.92 Å². The average molecular weight is 319 g/mol. The standard InChI is InChI=1S/C13H22NO4PS/c1-6-11-10(4)13(20-5)8-7-12(11)17-19(15,16)18-14-9(2)3/h7-9,14H,6H2,1-5H3,(H,15,16). The second kappa shape index (κ2) is 7.48. The molecule has 1 unspecified atom stereocenters. The second-order valence-corrected chi connectivity index (χ2v) is 6.80. The normalized spacial score (nSPS) is 14.3. The highest BCUT2D eigenvalue weighted by Gasteiger charge is 2.26. The predicted octanol–water partition coefficient (Wildman–Crippen LogP) is 3.69. The van der Waals surface area contributed by atoms with Crippen molar-refractivity contribution in [2.45, 2.75) is 45.1 Å². The van der Waals surface area contributed by atoms with E-state index >= 15 is 0 Å². The fraction of sp³-hybridized carbons (Fsp3) is 0.538. The first-order valence-electron chi connectivity index (χ1n) is 6.43. The van der Waals surface area contributed by atoms with Crippen LogP contribution in [-0.2, 0) is 15.6 Å². The van der Waals surface area contributed by atoms with E-state index in [9.17, 15) is 9.46 Å². The molecule has 2 N–H and O–H groups in total. The number of nitrogens with one attached hydrogen (secondary N) is 1. The number of hydroxylamine groups is 1. The molecule has 1 aromatic carbocycles. The summed E-state index contributed by atoms with van der Waals surface area (Å²) in [5, 5.41) is 0. The molecular formula is C13H22NO4PS. The molecule has 0 aliphatic rings. The Balaban J connectivity index is 2.97. The van der Waals surface area contributed by atoms with Gasteiger partial charge in [-0.25, -0.2) is 4.57 Å². The largest absolute Gasteiger partial charge is 0.544 e. The molecule has 0 aliphatic heterocycles. The number of hydrogen-bond acceptors (Lipinski definition) is 5. The molecule has 5 nitrogen and oxygen atoms in total. The number of rotatable bonds is 7.